The zero-order chi connectivity index (χ0) is 19.4. The van der Waals surface area contributed by atoms with Gasteiger partial charge in [-0.2, -0.15) is 0 Å². The third-order valence-electron chi connectivity index (χ3n) is 4.66. The van der Waals surface area contributed by atoms with E-state index >= 15 is 0 Å². The third-order valence-corrected chi connectivity index (χ3v) is 4.89. The molecule has 1 aliphatic rings. The standard InChI is InChI=1S/C22H23ClN2O2/c1-3-4-11-24-22(27)18-7-8-19-14-25(15(2)26)21-10-9-20(23)13-17(21)6-5-16(19)12-18/h5-10,12-13H,3-4,11,14H2,1-2H3,(H,24,27)/b6-5-. The molecule has 0 saturated heterocycles. The molecule has 140 valence electrons. The predicted molar refractivity (Wildman–Crippen MR) is 111 cm³/mol. The van der Waals surface area contributed by atoms with Crippen LogP contribution in [0.4, 0.5) is 5.69 Å². The molecule has 1 aliphatic heterocycles. The zero-order valence-electron chi connectivity index (χ0n) is 15.6. The maximum absolute atomic E-state index is 12.4. The van der Waals surface area contributed by atoms with Crippen molar-refractivity contribution >= 4 is 41.3 Å². The van der Waals surface area contributed by atoms with Crippen LogP contribution in [0.1, 0.15) is 53.7 Å². The molecule has 0 unspecified atom stereocenters. The molecule has 2 aromatic rings. The molecule has 2 aromatic carbocycles. The first kappa shape index (κ1) is 19.2. The van der Waals surface area contributed by atoms with E-state index in [0.29, 0.717) is 23.7 Å². The Kier molecular flexibility index (Phi) is 5.97. The Hall–Kier alpha value is -2.59. The van der Waals surface area contributed by atoms with Crippen LogP contribution in [0.3, 0.4) is 0 Å². The number of fused-ring (bicyclic) bond motifs is 2. The van der Waals surface area contributed by atoms with Crippen LogP contribution in [0.25, 0.3) is 12.2 Å². The lowest BCUT2D eigenvalue weighted by Gasteiger charge is -2.26. The molecule has 0 saturated carbocycles. The fourth-order valence-corrected chi connectivity index (χ4v) is 3.32. The van der Waals surface area contributed by atoms with Crippen molar-refractivity contribution in [3.8, 4) is 0 Å². The van der Waals surface area contributed by atoms with Gasteiger partial charge in [-0.15, -0.1) is 0 Å². The summed E-state index contributed by atoms with van der Waals surface area (Å²) < 4.78 is 0. The van der Waals surface area contributed by atoms with Crippen molar-refractivity contribution in [3.05, 3.63) is 63.7 Å². The molecule has 0 fully saturated rings. The Morgan fingerprint density at radius 2 is 1.89 bits per heavy atom. The molecule has 0 aliphatic carbocycles. The minimum Gasteiger partial charge on any atom is -0.352 e. The van der Waals surface area contributed by atoms with Crippen molar-refractivity contribution in [2.45, 2.75) is 33.2 Å². The van der Waals surface area contributed by atoms with Gasteiger partial charge in [0, 0.05) is 24.1 Å². The molecule has 0 spiro atoms. The molecule has 5 heteroatoms. The first-order valence-electron chi connectivity index (χ1n) is 9.16. The number of amides is 2. The molecular formula is C22H23ClN2O2. The van der Waals surface area contributed by atoms with Gasteiger partial charge in [-0.05, 0) is 53.4 Å². The number of carbonyl (C=O) groups is 2. The van der Waals surface area contributed by atoms with Crippen molar-refractivity contribution in [2.24, 2.45) is 0 Å². The van der Waals surface area contributed by atoms with Gasteiger partial charge < -0.3 is 10.2 Å². The second-order valence-electron chi connectivity index (χ2n) is 6.66. The quantitative estimate of drug-likeness (QED) is 0.764. The summed E-state index contributed by atoms with van der Waals surface area (Å²) in [4.78, 5) is 26.3. The second-order valence-corrected chi connectivity index (χ2v) is 7.10. The van der Waals surface area contributed by atoms with Crippen LogP contribution >= 0.6 is 11.6 Å². The Morgan fingerprint density at radius 3 is 2.63 bits per heavy atom. The number of unbranched alkanes of at least 4 members (excludes halogenated alkanes) is 1. The lowest BCUT2D eigenvalue weighted by Crippen LogP contribution is -2.29. The summed E-state index contributed by atoms with van der Waals surface area (Å²) >= 11 is 6.14. The highest BCUT2D eigenvalue weighted by molar-refractivity contribution is 6.30. The van der Waals surface area contributed by atoms with Crippen LogP contribution in [0.5, 0.6) is 0 Å². The lowest BCUT2D eigenvalue weighted by atomic mass is 9.98. The Morgan fingerprint density at radius 1 is 1.11 bits per heavy atom. The third kappa shape index (κ3) is 4.40. The Labute approximate surface area is 164 Å². The van der Waals surface area contributed by atoms with Gasteiger partial charge >= 0.3 is 0 Å². The first-order chi connectivity index (χ1) is 13.0. The SMILES string of the molecule is CCCCNC(=O)c1ccc2c(c1)/C=C\c1cc(Cl)ccc1N(C(C)=O)C2. The first-order valence-corrected chi connectivity index (χ1v) is 9.54. The number of anilines is 1. The van der Waals surface area contributed by atoms with E-state index in [1.54, 1.807) is 17.9 Å². The number of rotatable bonds is 4. The average Bonchev–Trinajstić information content (AvgIpc) is 2.63. The topological polar surface area (TPSA) is 49.4 Å². The molecule has 27 heavy (non-hydrogen) atoms. The summed E-state index contributed by atoms with van der Waals surface area (Å²) in [6, 6.07) is 11.1. The maximum Gasteiger partial charge on any atom is 0.251 e. The highest BCUT2D eigenvalue weighted by Gasteiger charge is 2.19. The molecule has 1 heterocycles. The maximum atomic E-state index is 12.4. The highest BCUT2D eigenvalue weighted by Crippen LogP contribution is 2.31. The summed E-state index contributed by atoms with van der Waals surface area (Å²) in [6.45, 7) is 4.76. The number of benzene rings is 2. The Bertz CT molecular complexity index is 905. The molecule has 0 radical (unpaired) electrons. The van der Waals surface area contributed by atoms with E-state index < -0.39 is 0 Å². The van der Waals surface area contributed by atoms with Gasteiger partial charge in [-0.3, -0.25) is 9.59 Å². The molecule has 1 N–H and O–H groups in total. The summed E-state index contributed by atoms with van der Waals surface area (Å²) in [5, 5.41) is 3.56. The summed E-state index contributed by atoms with van der Waals surface area (Å²) in [5.41, 5.74) is 4.24. The van der Waals surface area contributed by atoms with Crippen LogP contribution in [0, 0.1) is 0 Å². The normalized spacial score (nSPS) is 13.8. The number of nitrogens with zero attached hydrogens (tertiary/aromatic N) is 1. The number of halogens is 1. The average molecular weight is 383 g/mol. The van der Waals surface area contributed by atoms with Crippen molar-refractivity contribution in [1.82, 2.24) is 5.32 Å². The molecule has 0 bridgehead atoms. The van der Waals surface area contributed by atoms with E-state index in [0.717, 1.165) is 35.2 Å². The van der Waals surface area contributed by atoms with Crippen LogP contribution in [0.15, 0.2) is 36.4 Å². The van der Waals surface area contributed by atoms with Gasteiger partial charge in [0.2, 0.25) is 5.91 Å². The number of hydrogen-bond donors (Lipinski definition) is 1. The minimum atomic E-state index is -0.0754. The lowest BCUT2D eigenvalue weighted by molar-refractivity contribution is -0.116. The fraction of sp³-hybridized carbons (Fsp3) is 0.273. The zero-order valence-corrected chi connectivity index (χ0v) is 16.3. The minimum absolute atomic E-state index is 0.0405. The van der Waals surface area contributed by atoms with Crippen molar-refractivity contribution in [1.29, 1.82) is 0 Å². The van der Waals surface area contributed by atoms with Crippen LogP contribution < -0.4 is 10.2 Å². The number of nitrogens with one attached hydrogen (secondary N) is 1. The van der Waals surface area contributed by atoms with E-state index in [1.165, 1.54) is 0 Å². The van der Waals surface area contributed by atoms with E-state index in [9.17, 15) is 9.59 Å². The van der Waals surface area contributed by atoms with Crippen molar-refractivity contribution in [2.75, 3.05) is 11.4 Å². The van der Waals surface area contributed by atoms with Gasteiger partial charge in [-0.1, -0.05) is 43.2 Å². The van der Waals surface area contributed by atoms with Gasteiger partial charge in [0.15, 0.2) is 0 Å². The van der Waals surface area contributed by atoms with Crippen molar-refractivity contribution < 1.29 is 9.59 Å². The molecular weight excluding hydrogens is 360 g/mol. The van der Waals surface area contributed by atoms with Crippen LogP contribution in [0.2, 0.25) is 5.02 Å². The highest BCUT2D eigenvalue weighted by atomic mass is 35.5. The number of hydrogen-bond acceptors (Lipinski definition) is 2. The van der Waals surface area contributed by atoms with Crippen molar-refractivity contribution in [3.63, 3.8) is 0 Å². The Balaban J connectivity index is 1.98. The summed E-state index contributed by atoms with van der Waals surface area (Å²) in [5.74, 6) is -0.116. The molecule has 4 nitrogen and oxygen atoms in total. The largest absolute Gasteiger partial charge is 0.352 e. The monoisotopic (exact) mass is 382 g/mol. The van der Waals surface area contributed by atoms with Crippen LogP contribution in [-0.2, 0) is 11.3 Å². The number of carbonyl (C=O) groups excluding carboxylic acids is 2. The van der Waals surface area contributed by atoms with E-state index in [4.69, 9.17) is 11.6 Å². The second kappa shape index (κ2) is 8.40. The molecule has 3 rings (SSSR count). The van der Waals surface area contributed by atoms with Crippen LogP contribution in [-0.4, -0.2) is 18.4 Å². The molecule has 0 atom stereocenters. The van der Waals surface area contributed by atoms with Gasteiger partial charge in [-0.25, -0.2) is 0 Å². The fourth-order valence-electron chi connectivity index (χ4n) is 3.14. The van der Waals surface area contributed by atoms with Gasteiger partial charge in [0.05, 0.1) is 12.2 Å². The predicted octanol–water partition coefficient (Wildman–Crippen LogP) is 4.91. The molecule has 0 aromatic heterocycles. The molecule has 2 amide bonds. The van der Waals surface area contributed by atoms with E-state index in [-0.39, 0.29) is 11.8 Å². The van der Waals surface area contributed by atoms with E-state index in [2.05, 4.69) is 12.2 Å². The van der Waals surface area contributed by atoms with Gasteiger partial charge in [0.1, 0.15) is 0 Å². The smallest absolute Gasteiger partial charge is 0.251 e. The van der Waals surface area contributed by atoms with E-state index in [1.807, 2.05) is 42.5 Å². The van der Waals surface area contributed by atoms with Gasteiger partial charge in [0.25, 0.3) is 5.91 Å². The summed E-state index contributed by atoms with van der Waals surface area (Å²) in [6.07, 6.45) is 5.91. The summed E-state index contributed by atoms with van der Waals surface area (Å²) in [7, 11) is 0.